The summed E-state index contributed by atoms with van der Waals surface area (Å²) in [6.45, 7) is 0.644. The first-order chi connectivity index (χ1) is 12.3. The van der Waals surface area contributed by atoms with Gasteiger partial charge in [0.1, 0.15) is 11.4 Å². The predicted octanol–water partition coefficient (Wildman–Crippen LogP) is 4.32. The van der Waals surface area contributed by atoms with Gasteiger partial charge in [-0.2, -0.15) is 0 Å². The number of benzene rings is 2. The molecule has 0 fully saturated rings. The number of hydrogen-bond donors (Lipinski definition) is 0. The lowest BCUT2D eigenvalue weighted by Gasteiger charge is -2.03. The van der Waals surface area contributed by atoms with Crippen molar-refractivity contribution in [2.75, 3.05) is 0 Å². The van der Waals surface area contributed by atoms with Gasteiger partial charge in [-0.1, -0.05) is 75.4 Å². The smallest absolute Gasteiger partial charge is 0.183 e. The molecule has 2 heterocycles. The van der Waals surface area contributed by atoms with Crippen LogP contribution in [0.3, 0.4) is 0 Å². The molecule has 2 aromatic carbocycles. The molecule has 0 unspecified atom stereocenters. The van der Waals surface area contributed by atoms with Gasteiger partial charge in [0.15, 0.2) is 11.2 Å². The Labute approximate surface area is 157 Å². The maximum absolute atomic E-state index is 4.39. The molecule has 7 heteroatoms. The van der Waals surface area contributed by atoms with Crippen LogP contribution in [0.1, 0.15) is 11.1 Å². The van der Waals surface area contributed by atoms with E-state index >= 15 is 0 Å². The molecular weight excluding hydrogens is 398 g/mol. The van der Waals surface area contributed by atoms with Gasteiger partial charge in [0.25, 0.3) is 0 Å². The number of rotatable bonds is 5. The van der Waals surface area contributed by atoms with Crippen LogP contribution >= 0.6 is 27.7 Å². The van der Waals surface area contributed by atoms with E-state index in [4.69, 9.17) is 0 Å². The zero-order valence-corrected chi connectivity index (χ0v) is 15.6. The number of nitrogens with zero attached hydrogens (tertiary/aromatic N) is 5. The van der Waals surface area contributed by atoms with Crippen molar-refractivity contribution < 1.29 is 0 Å². The quantitative estimate of drug-likeness (QED) is 0.361. The number of hydrogen-bond acceptors (Lipinski definition) is 5. The monoisotopic (exact) mass is 411 g/mol. The SMILES string of the molecule is Brc1ccc(CSc2ncnc3c2nnn3Cc2ccccc2)cc1. The maximum atomic E-state index is 4.39. The number of halogens is 1. The first-order valence-electron chi connectivity index (χ1n) is 7.75. The topological polar surface area (TPSA) is 56.5 Å². The highest BCUT2D eigenvalue weighted by Gasteiger charge is 2.12. The molecule has 25 heavy (non-hydrogen) atoms. The van der Waals surface area contributed by atoms with Crippen LogP contribution < -0.4 is 0 Å². The third-order valence-corrected chi connectivity index (χ3v) is 5.31. The van der Waals surface area contributed by atoms with Crippen molar-refractivity contribution in [1.82, 2.24) is 25.0 Å². The van der Waals surface area contributed by atoms with Gasteiger partial charge < -0.3 is 0 Å². The molecule has 5 nitrogen and oxygen atoms in total. The Hall–Kier alpha value is -2.25. The minimum Gasteiger partial charge on any atom is -0.227 e. The van der Waals surface area contributed by atoms with Crippen molar-refractivity contribution in [2.45, 2.75) is 17.3 Å². The van der Waals surface area contributed by atoms with Gasteiger partial charge in [-0.05, 0) is 23.3 Å². The van der Waals surface area contributed by atoms with Crippen molar-refractivity contribution in [1.29, 1.82) is 0 Å². The maximum Gasteiger partial charge on any atom is 0.183 e. The van der Waals surface area contributed by atoms with E-state index in [-0.39, 0.29) is 0 Å². The van der Waals surface area contributed by atoms with E-state index in [1.807, 2.05) is 35.0 Å². The zero-order valence-electron chi connectivity index (χ0n) is 13.2. The molecule has 4 aromatic rings. The Balaban J connectivity index is 1.57. The molecule has 0 bridgehead atoms. The molecule has 0 saturated carbocycles. The van der Waals surface area contributed by atoms with Crippen LogP contribution in [0, 0.1) is 0 Å². The van der Waals surface area contributed by atoms with Gasteiger partial charge in [0.05, 0.1) is 6.54 Å². The van der Waals surface area contributed by atoms with Gasteiger partial charge in [0.2, 0.25) is 0 Å². The van der Waals surface area contributed by atoms with Gasteiger partial charge in [-0.15, -0.1) is 5.10 Å². The Kier molecular flexibility index (Phi) is 4.76. The highest BCUT2D eigenvalue weighted by molar-refractivity contribution is 9.10. The van der Waals surface area contributed by atoms with Gasteiger partial charge >= 0.3 is 0 Å². The fourth-order valence-corrected chi connectivity index (χ4v) is 3.62. The largest absolute Gasteiger partial charge is 0.227 e. The molecule has 2 aromatic heterocycles. The molecule has 4 rings (SSSR count). The fraction of sp³-hybridized carbons (Fsp3) is 0.111. The zero-order chi connectivity index (χ0) is 17.1. The molecule has 0 saturated heterocycles. The molecule has 0 radical (unpaired) electrons. The Bertz CT molecular complexity index is 985. The average molecular weight is 412 g/mol. The Morgan fingerprint density at radius 2 is 1.72 bits per heavy atom. The number of fused-ring (bicyclic) bond motifs is 1. The van der Waals surface area contributed by atoms with E-state index in [1.54, 1.807) is 18.1 Å². The minimum atomic E-state index is 0.644. The molecule has 124 valence electrons. The van der Waals surface area contributed by atoms with Gasteiger partial charge in [-0.25, -0.2) is 14.6 Å². The second-order valence-electron chi connectivity index (χ2n) is 5.50. The molecule has 0 amide bonds. The average Bonchev–Trinajstić information content (AvgIpc) is 3.06. The summed E-state index contributed by atoms with van der Waals surface area (Å²) in [4.78, 5) is 8.76. The van der Waals surface area contributed by atoms with E-state index < -0.39 is 0 Å². The van der Waals surface area contributed by atoms with Crippen molar-refractivity contribution in [3.8, 4) is 0 Å². The second-order valence-corrected chi connectivity index (χ2v) is 7.38. The van der Waals surface area contributed by atoms with Crippen molar-refractivity contribution in [3.63, 3.8) is 0 Å². The first kappa shape index (κ1) is 16.2. The normalized spacial score (nSPS) is 11.1. The van der Waals surface area contributed by atoms with Gasteiger partial charge in [0, 0.05) is 10.2 Å². The molecule has 0 aliphatic carbocycles. The molecule has 0 aliphatic heterocycles. The molecule has 0 N–H and O–H groups in total. The molecular formula is C18H14BrN5S. The van der Waals surface area contributed by atoms with Gasteiger partial charge in [-0.3, -0.25) is 0 Å². The van der Waals surface area contributed by atoms with Crippen molar-refractivity contribution in [3.05, 3.63) is 76.5 Å². The van der Waals surface area contributed by atoms with E-state index in [0.29, 0.717) is 6.54 Å². The summed E-state index contributed by atoms with van der Waals surface area (Å²) < 4.78 is 2.89. The summed E-state index contributed by atoms with van der Waals surface area (Å²) >= 11 is 5.10. The summed E-state index contributed by atoms with van der Waals surface area (Å²) in [5, 5.41) is 9.42. The van der Waals surface area contributed by atoms with Crippen molar-refractivity contribution >= 4 is 38.9 Å². The van der Waals surface area contributed by atoms with E-state index in [1.165, 1.54) is 5.56 Å². The highest BCUT2D eigenvalue weighted by atomic mass is 79.9. The van der Waals surface area contributed by atoms with Crippen LogP contribution in [0.2, 0.25) is 0 Å². The summed E-state index contributed by atoms with van der Waals surface area (Å²) in [6, 6.07) is 18.5. The van der Waals surface area contributed by atoms with Crippen LogP contribution in [-0.4, -0.2) is 25.0 Å². The molecule has 0 spiro atoms. The van der Waals surface area contributed by atoms with Crippen LogP contribution in [0.15, 0.2) is 70.4 Å². The highest BCUT2D eigenvalue weighted by Crippen LogP contribution is 2.26. The lowest BCUT2D eigenvalue weighted by atomic mass is 10.2. The van der Waals surface area contributed by atoms with Crippen molar-refractivity contribution in [2.24, 2.45) is 0 Å². The van der Waals surface area contributed by atoms with E-state index in [9.17, 15) is 0 Å². The van der Waals surface area contributed by atoms with Crippen LogP contribution in [-0.2, 0) is 12.3 Å². The Morgan fingerprint density at radius 1 is 0.920 bits per heavy atom. The molecule has 0 aliphatic rings. The number of aromatic nitrogens is 5. The Morgan fingerprint density at radius 3 is 2.52 bits per heavy atom. The van der Waals surface area contributed by atoms with E-state index in [0.717, 1.165) is 32.0 Å². The lowest BCUT2D eigenvalue weighted by Crippen LogP contribution is -2.02. The summed E-state index contributed by atoms with van der Waals surface area (Å²) in [5.41, 5.74) is 3.91. The van der Waals surface area contributed by atoms with Crippen LogP contribution in [0.4, 0.5) is 0 Å². The van der Waals surface area contributed by atoms with E-state index in [2.05, 4.69) is 60.5 Å². The number of thioether (sulfide) groups is 1. The fourth-order valence-electron chi connectivity index (χ4n) is 2.47. The third kappa shape index (κ3) is 3.72. The second kappa shape index (κ2) is 7.33. The first-order valence-corrected chi connectivity index (χ1v) is 9.53. The third-order valence-electron chi connectivity index (χ3n) is 3.73. The van der Waals surface area contributed by atoms with Crippen LogP contribution in [0.25, 0.3) is 11.2 Å². The molecule has 0 atom stereocenters. The predicted molar refractivity (Wildman–Crippen MR) is 102 cm³/mol. The summed E-state index contributed by atoms with van der Waals surface area (Å²) in [5.74, 6) is 0.824. The summed E-state index contributed by atoms with van der Waals surface area (Å²) in [7, 11) is 0. The minimum absolute atomic E-state index is 0.644. The standard InChI is InChI=1S/C18H14BrN5S/c19-15-8-6-14(7-9-15)11-25-18-16-17(20-12-21-18)24(23-22-16)10-13-4-2-1-3-5-13/h1-9,12H,10-11H2. The summed E-state index contributed by atoms with van der Waals surface area (Å²) in [6.07, 6.45) is 1.58. The lowest BCUT2D eigenvalue weighted by molar-refractivity contribution is 0.664. The van der Waals surface area contributed by atoms with Crippen LogP contribution in [0.5, 0.6) is 0 Å².